The largest absolute Gasteiger partial charge is 0.493 e. The third-order valence-corrected chi connectivity index (χ3v) is 3.33. The summed E-state index contributed by atoms with van der Waals surface area (Å²) in [6, 6.07) is 5.69. The van der Waals surface area contributed by atoms with E-state index in [4.69, 9.17) is 15.2 Å². The van der Waals surface area contributed by atoms with Crippen LogP contribution in [0.3, 0.4) is 0 Å². The summed E-state index contributed by atoms with van der Waals surface area (Å²) in [6.45, 7) is 1.26. The van der Waals surface area contributed by atoms with Gasteiger partial charge in [-0.25, -0.2) is 0 Å². The van der Waals surface area contributed by atoms with Gasteiger partial charge in [0.2, 0.25) is 0 Å². The van der Waals surface area contributed by atoms with E-state index in [0.717, 1.165) is 12.1 Å². The number of methoxy groups -OCH3 is 1. The molecule has 1 unspecified atom stereocenters. The highest BCUT2D eigenvalue weighted by Gasteiger charge is 2.32. The molecular weight excluding hydrogens is 244 g/mol. The lowest BCUT2D eigenvalue weighted by Crippen LogP contribution is -2.29. The maximum Gasteiger partial charge on any atom is 0.263 e. The smallest absolute Gasteiger partial charge is 0.263 e. The van der Waals surface area contributed by atoms with E-state index < -0.39 is 6.10 Å². The number of para-hydroxylation sites is 1. The number of amides is 1. The molecule has 0 saturated carbocycles. The zero-order chi connectivity index (χ0) is 13.8. The molecule has 2 rings (SSSR count). The zero-order valence-electron chi connectivity index (χ0n) is 11.4. The number of hydrogen-bond acceptors (Lipinski definition) is 4. The van der Waals surface area contributed by atoms with Gasteiger partial charge in [-0.2, -0.15) is 0 Å². The van der Waals surface area contributed by atoms with Crippen molar-refractivity contribution in [3.05, 3.63) is 23.8 Å². The number of carbonyl (C=O) groups is 1. The molecule has 1 amide bonds. The van der Waals surface area contributed by atoms with Crippen molar-refractivity contribution in [1.82, 2.24) is 4.90 Å². The predicted octanol–water partition coefficient (Wildman–Crippen LogP) is 0.806. The second-order valence-electron chi connectivity index (χ2n) is 4.64. The SMILES string of the molecule is COc1cccc(CCN)c1OC1CCN(C)C1=O. The van der Waals surface area contributed by atoms with Crippen LogP contribution in [0, 0.1) is 0 Å². The quantitative estimate of drug-likeness (QED) is 0.854. The second kappa shape index (κ2) is 5.93. The molecule has 0 radical (unpaired) electrons. The van der Waals surface area contributed by atoms with Gasteiger partial charge in [-0.3, -0.25) is 4.79 Å². The van der Waals surface area contributed by atoms with Gasteiger partial charge in [0.05, 0.1) is 7.11 Å². The molecule has 0 spiro atoms. The van der Waals surface area contributed by atoms with Gasteiger partial charge < -0.3 is 20.1 Å². The van der Waals surface area contributed by atoms with E-state index in [1.54, 1.807) is 19.1 Å². The van der Waals surface area contributed by atoms with Crippen molar-refractivity contribution in [2.24, 2.45) is 5.73 Å². The van der Waals surface area contributed by atoms with E-state index in [2.05, 4.69) is 0 Å². The molecule has 5 nitrogen and oxygen atoms in total. The van der Waals surface area contributed by atoms with Crippen LogP contribution in [0.2, 0.25) is 0 Å². The maximum absolute atomic E-state index is 11.9. The van der Waals surface area contributed by atoms with Crippen LogP contribution in [0.15, 0.2) is 18.2 Å². The fourth-order valence-corrected chi connectivity index (χ4v) is 2.25. The molecule has 0 aliphatic carbocycles. The van der Waals surface area contributed by atoms with Crippen LogP contribution in [0.4, 0.5) is 0 Å². The zero-order valence-corrected chi connectivity index (χ0v) is 11.4. The van der Waals surface area contributed by atoms with Crippen molar-refractivity contribution >= 4 is 5.91 Å². The number of nitrogens with zero attached hydrogens (tertiary/aromatic N) is 1. The Hall–Kier alpha value is -1.75. The van der Waals surface area contributed by atoms with E-state index in [-0.39, 0.29) is 5.91 Å². The molecule has 104 valence electrons. The number of benzene rings is 1. The van der Waals surface area contributed by atoms with E-state index in [0.29, 0.717) is 30.9 Å². The Morgan fingerprint density at radius 1 is 1.47 bits per heavy atom. The average Bonchev–Trinajstić information content (AvgIpc) is 2.73. The molecule has 1 aromatic rings. The summed E-state index contributed by atoms with van der Waals surface area (Å²) in [5.41, 5.74) is 6.58. The Kier molecular flexibility index (Phi) is 4.27. The van der Waals surface area contributed by atoms with Crippen LogP contribution >= 0.6 is 0 Å². The van der Waals surface area contributed by atoms with Crippen LogP contribution in [0.25, 0.3) is 0 Å². The van der Waals surface area contributed by atoms with Gasteiger partial charge in [-0.15, -0.1) is 0 Å². The molecule has 1 atom stereocenters. The van der Waals surface area contributed by atoms with E-state index in [1.165, 1.54) is 0 Å². The lowest BCUT2D eigenvalue weighted by Gasteiger charge is -2.18. The van der Waals surface area contributed by atoms with Gasteiger partial charge >= 0.3 is 0 Å². The Morgan fingerprint density at radius 2 is 2.26 bits per heavy atom. The Morgan fingerprint density at radius 3 is 2.84 bits per heavy atom. The molecule has 1 aliphatic heterocycles. The van der Waals surface area contributed by atoms with Crippen molar-refractivity contribution in [1.29, 1.82) is 0 Å². The van der Waals surface area contributed by atoms with Crippen LogP contribution in [0.1, 0.15) is 12.0 Å². The number of carbonyl (C=O) groups excluding carboxylic acids is 1. The van der Waals surface area contributed by atoms with Gasteiger partial charge in [-0.05, 0) is 24.6 Å². The molecule has 5 heteroatoms. The molecule has 2 N–H and O–H groups in total. The van der Waals surface area contributed by atoms with E-state index in [9.17, 15) is 4.79 Å². The second-order valence-corrected chi connectivity index (χ2v) is 4.64. The minimum atomic E-state index is -0.419. The van der Waals surface area contributed by atoms with Crippen molar-refractivity contribution in [3.8, 4) is 11.5 Å². The first kappa shape index (κ1) is 13.7. The molecule has 19 heavy (non-hydrogen) atoms. The minimum Gasteiger partial charge on any atom is -0.493 e. The average molecular weight is 264 g/mol. The summed E-state index contributed by atoms with van der Waals surface area (Å²) in [7, 11) is 3.38. The Labute approximate surface area is 113 Å². The highest BCUT2D eigenvalue weighted by atomic mass is 16.5. The molecule has 1 aromatic carbocycles. The van der Waals surface area contributed by atoms with Gasteiger partial charge in [0.15, 0.2) is 17.6 Å². The summed E-state index contributed by atoms with van der Waals surface area (Å²) in [4.78, 5) is 13.6. The molecule has 0 aromatic heterocycles. The normalized spacial score (nSPS) is 18.8. The van der Waals surface area contributed by atoms with Crippen molar-refractivity contribution in [2.45, 2.75) is 18.9 Å². The Bertz CT molecular complexity index is 462. The summed E-state index contributed by atoms with van der Waals surface area (Å²) in [5.74, 6) is 1.31. The van der Waals surface area contributed by atoms with Gasteiger partial charge in [-0.1, -0.05) is 12.1 Å². The topological polar surface area (TPSA) is 64.8 Å². The van der Waals surface area contributed by atoms with E-state index >= 15 is 0 Å². The maximum atomic E-state index is 11.9. The first-order valence-electron chi connectivity index (χ1n) is 6.45. The first-order valence-corrected chi connectivity index (χ1v) is 6.45. The third-order valence-electron chi connectivity index (χ3n) is 3.33. The molecule has 1 saturated heterocycles. The first-order chi connectivity index (χ1) is 9.17. The van der Waals surface area contributed by atoms with Crippen molar-refractivity contribution in [3.63, 3.8) is 0 Å². The van der Waals surface area contributed by atoms with Crippen LogP contribution in [-0.2, 0) is 11.2 Å². The minimum absolute atomic E-state index is 0.0182. The van der Waals surface area contributed by atoms with Gasteiger partial charge in [0, 0.05) is 20.0 Å². The summed E-state index contributed by atoms with van der Waals surface area (Å²) in [5, 5.41) is 0. The number of likely N-dealkylation sites (tertiary alicyclic amines) is 1. The van der Waals surface area contributed by atoms with Crippen LogP contribution < -0.4 is 15.2 Å². The highest BCUT2D eigenvalue weighted by Crippen LogP contribution is 2.33. The fourth-order valence-electron chi connectivity index (χ4n) is 2.25. The molecule has 0 bridgehead atoms. The number of likely N-dealkylation sites (N-methyl/N-ethyl adjacent to an activating group) is 1. The lowest BCUT2D eigenvalue weighted by atomic mass is 10.1. The standard InChI is InChI=1S/C14H20N2O3/c1-16-9-7-12(14(16)17)19-13-10(6-8-15)4-3-5-11(13)18-2/h3-5,12H,6-9,15H2,1-2H3. The third kappa shape index (κ3) is 2.81. The van der Waals surface area contributed by atoms with Gasteiger partial charge in [0.25, 0.3) is 5.91 Å². The monoisotopic (exact) mass is 264 g/mol. The number of hydrogen-bond donors (Lipinski definition) is 1. The number of ether oxygens (including phenoxy) is 2. The van der Waals surface area contributed by atoms with Gasteiger partial charge in [0.1, 0.15) is 0 Å². The Balaban J connectivity index is 2.25. The number of rotatable bonds is 5. The van der Waals surface area contributed by atoms with Crippen molar-refractivity contribution in [2.75, 3.05) is 27.2 Å². The fraction of sp³-hybridized carbons (Fsp3) is 0.500. The molecular formula is C14H20N2O3. The number of nitrogens with two attached hydrogens (primary N) is 1. The van der Waals surface area contributed by atoms with Crippen LogP contribution in [-0.4, -0.2) is 44.2 Å². The van der Waals surface area contributed by atoms with Crippen LogP contribution in [0.5, 0.6) is 11.5 Å². The predicted molar refractivity (Wildman–Crippen MR) is 72.4 cm³/mol. The molecule has 1 aliphatic rings. The lowest BCUT2D eigenvalue weighted by molar-refractivity contribution is -0.132. The molecule has 1 heterocycles. The van der Waals surface area contributed by atoms with Crippen molar-refractivity contribution < 1.29 is 14.3 Å². The highest BCUT2D eigenvalue weighted by molar-refractivity contribution is 5.83. The summed E-state index contributed by atoms with van der Waals surface area (Å²) < 4.78 is 11.2. The summed E-state index contributed by atoms with van der Waals surface area (Å²) >= 11 is 0. The molecule has 1 fully saturated rings. The van der Waals surface area contributed by atoms with E-state index in [1.807, 2.05) is 18.2 Å². The summed E-state index contributed by atoms with van der Waals surface area (Å²) in [6.07, 6.45) is 0.983.